The molecule has 0 unspecified atom stereocenters. The van der Waals surface area contributed by atoms with E-state index in [1.54, 1.807) is 12.1 Å². The van der Waals surface area contributed by atoms with E-state index >= 15 is 0 Å². The van der Waals surface area contributed by atoms with Gasteiger partial charge in [-0.1, -0.05) is 19.1 Å². The number of hydrogen-bond acceptors (Lipinski definition) is 5. The Morgan fingerprint density at radius 1 is 1.00 bits per heavy atom. The summed E-state index contributed by atoms with van der Waals surface area (Å²) >= 11 is 0. The van der Waals surface area contributed by atoms with Crippen molar-refractivity contribution in [3.63, 3.8) is 0 Å². The fourth-order valence-corrected chi connectivity index (χ4v) is 4.14. The van der Waals surface area contributed by atoms with Gasteiger partial charge in [0.05, 0.1) is 11.5 Å². The van der Waals surface area contributed by atoms with Gasteiger partial charge in [0.15, 0.2) is 0 Å². The minimum atomic E-state index is -3.64. The molecule has 0 atom stereocenters. The fourth-order valence-electron chi connectivity index (χ4n) is 1.45. The molecule has 0 heterocycles. The van der Waals surface area contributed by atoms with Crippen molar-refractivity contribution >= 4 is 25.5 Å². The largest absolute Gasteiger partial charge is 0.313 e. The maximum Gasteiger partial charge on any atom is 0.233 e. The number of rotatable bonds is 8. The van der Waals surface area contributed by atoms with Gasteiger partial charge in [0, 0.05) is 18.5 Å². The van der Waals surface area contributed by atoms with Gasteiger partial charge in [0.1, 0.15) is 9.84 Å². The average molecular weight is 320 g/mol. The smallest absolute Gasteiger partial charge is 0.233 e. The summed E-state index contributed by atoms with van der Waals surface area (Å²) in [6.07, 6.45) is 1.01. The lowest BCUT2D eigenvalue weighted by Gasteiger charge is -2.08. The van der Waals surface area contributed by atoms with Gasteiger partial charge in [-0.2, -0.15) is 0 Å². The van der Waals surface area contributed by atoms with Crippen LogP contribution < -0.4 is 10.0 Å². The van der Waals surface area contributed by atoms with Crippen molar-refractivity contribution < 1.29 is 16.8 Å². The minimum Gasteiger partial charge on any atom is -0.313 e. The highest BCUT2D eigenvalue weighted by molar-refractivity contribution is 7.95. The van der Waals surface area contributed by atoms with Gasteiger partial charge in [-0.25, -0.2) is 16.8 Å². The molecule has 1 aromatic rings. The van der Waals surface area contributed by atoms with Crippen LogP contribution in [0.2, 0.25) is 0 Å². The molecule has 20 heavy (non-hydrogen) atoms. The summed E-state index contributed by atoms with van der Waals surface area (Å²) in [6.45, 7) is 3.59. The lowest BCUT2D eigenvalue weighted by molar-refractivity contribution is 0.593. The zero-order valence-electron chi connectivity index (χ0n) is 11.6. The van der Waals surface area contributed by atoms with Gasteiger partial charge in [-0.3, -0.25) is 4.72 Å². The zero-order chi connectivity index (χ0) is 15.2. The summed E-state index contributed by atoms with van der Waals surface area (Å²) in [4.78, 5) is 0. The molecule has 2 N–H and O–H groups in total. The third-order valence-corrected chi connectivity index (χ3v) is 5.02. The van der Waals surface area contributed by atoms with Crippen molar-refractivity contribution in [3.8, 4) is 0 Å². The summed E-state index contributed by atoms with van der Waals surface area (Å²) in [6, 6.07) is 6.95. The molecule has 0 saturated carbocycles. The second-order valence-electron chi connectivity index (χ2n) is 4.53. The molecule has 0 radical (unpaired) electrons. The maximum atomic E-state index is 11.7. The van der Waals surface area contributed by atoms with Crippen molar-refractivity contribution in [1.82, 2.24) is 5.32 Å². The monoisotopic (exact) mass is 320 g/mol. The summed E-state index contributed by atoms with van der Waals surface area (Å²) < 4.78 is 47.7. The van der Waals surface area contributed by atoms with Crippen molar-refractivity contribution in [1.29, 1.82) is 0 Å². The quantitative estimate of drug-likeness (QED) is 0.731. The Bertz CT molecular complexity index is 622. The van der Waals surface area contributed by atoms with Gasteiger partial charge in [-0.05, 0) is 24.2 Å². The van der Waals surface area contributed by atoms with E-state index in [4.69, 9.17) is 0 Å². The molecule has 0 amide bonds. The van der Waals surface area contributed by atoms with E-state index in [0.29, 0.717) is 5.69 Å². The number of sulfone groups is 1. The number of hydrogen-bond donors (Lipinski definition) is 2. The van der Waals surface area contributed by atoms with E-state index in [1.165, 1.54) is 0 Å². The van der Waals surface area contributed by atoms with Crippen LogP contribution in [0.5, 0.6) is 0 Å². The highest BCUT2D eigenvalue weighted by atomic mass is 32.2. The molecule has 6 nitrogen and oxygen atoms in total. The van der Waals surface area contributed by atoms with Crippen molar-refractivity contribution in [2.45, 2.75) is 13.5 Å². The SMILES string of the molecule is CCNCc1ccc(NS(=O)(=O)CCS(C)(=O)=O)cc1. The number of nitrogens with one attached hydrogen (secondary N) is 2. The Kier molecular flexibility index (Phi) is 5.97. The number of benzene rings is 1. The Hall–Kier alpha value is -1.12. The van der Waals surface area contributed by atoms with Gasteiger partial charge in [0.25, 0.3) is 0 Å². The molecule has 0 bridgehead atoms. The molecule has 0 aromatic heterocycles. The van der Waals surface area contributed by atoms with E-state index in [-0.39, 0.29) is 5.75 Å². The lowest BCUT2D eigenvalue weighted by atomic mass is 10.2. The van der Waals surface area contributed by atoms with Crippen LogP contribution in [-0.2, 0) is 26.4 Å². The van der Waals surface area contributed by atoms with Crippen LogP contribution in [0.1, 0.15) is 12.5 Å². The Morgan fingerprint density at radius 3 is 2.10 bits per heavy atom. The van der Waals surface area contributed by atoms with Crippen LogP contribution in [0, 0.1) is 0 Å². The average Bonchev–Trinajstić information content (AvgIpc) is 2.35. The molecule has 0 aliphatic heterocycles. The number of sulfonamides is 1. The van der Waals surface area contributed by atoms with Gasteiger partial charge in [-0.15, -0.1) is 0 Å². The standard InChI is InChI=1S/C12H20N2O4S2/c1-3-13-10-11-4-6-12(7-5-11)14-20(17,18)9-8-19(2,15)16/h4-7,13-14H,3,8-10H2,1-2H3. The van der Waals surface area contributed by atoms with Gasteiger partial charge < -0.3 is 5.32 Å². The molecule has 0 aliphatic carbocycles. The van der Waals surface area contributed by atoms with Gasteiger partial charge >= 0.3 is 0 Å². The molecule has 8 heteroatoms. The molecule has 0 fully saturated rings. The second-order valence-corrected chi connectivity index (χ2v) is 8.63. The molecule has 114 valence electrons. The van der Waals surface area contributed by atoms with Crippen LogP contribution >= 0.6 is 0 Å². The Labute approximate surface area is 120 Å². The molecule has 0 saturated heterocycles. The molecule has 0 spiro atoms. The molecule has 1 aromatic carbocycles. The first-order valence-corrected chi connectivity index (χ1v) is 9.91. The van der Waals surface area contributed by atoms with Crippen molar-refractivity contribution in [3.05, 3.63) is 29.8 Å². The topological polar surface area (TPSA) is 92.3 Å². The third kappa shape index (κ3) is 6.88. The van der Waals surface area contributed by atoms with Crippen LogP contribution in [0.4, 0.5) is 5.69 Å². The van der Waals surface area contributed by atoms with E-state index in [0.717, 1.165) is 24.9 Å². The van der Waals surface area contributed by atoms with Crippen LogP contribution in [0.25, 0.3) is 0 Å². The minimum absolute atomic E-state index is 0.388. The van der Waals surface area contributed by atoms with Crippen LogP contribution in [0.3, 0.4) is 0 Å². The maximum absolute atomic E-state index is 11.7. The number of anilines is 1. The fraction of sp³-hybridized carbons (Fsp3) is 0.500. The Balaban J connectivity index is 2.63. The van der Waals surface area contributed by atoms with E-state index in [1.807, 2.05) is 19.1 Å². The highest BCUT2D eigenvalue weighted by Crippen LogP contribution is 2.11. The lowest BCUT2D eigenvalue weighted by Crippen LogP contribution is -2.22. The predicted octanol–water partition coefficient (Wildman–Crippen LogP) is 0.582. The highest BCUT2D eigenvalue weighted by Gasteiger charge is 2.14. The van der Waals surface area contributed by atoms with Crippen LogP contribution in [-0.4, -0.2) is 41.1 Å². The molecule has 1 rings (SSSR count). The first-order valence-electron chi connectivity index (χ1n) is 6.20. The summed E-state index contributed by atoms with van der Waals surface area (Å²) in [5.41, 5.74) is 1.48. The zero-order valence-corrected chi connectivity index (χ0v) is 13.2. The molecule has 0 aliphatic rings. The van der Waals surface area contributed by atoms with Gasteiger partial charge in [0.2, 0.25) is 10.0 Å². The first kappa shape index (κ1) is 16.9. The normalized spacial score (nSPS) is 12.3. The summed E-state index contributed by atoms with van der Waals surface area (Å²) in [5, 5.41) is 3.16. The molecular weight excluding hydrogens is 300 g/mol. The predicted molar refractivity (Wildman–Crippen MR) is 80.9 cm³/mol. The van der Waals surface area contributed by atoms with E-state index in [9.17, 15) is 16.8 Å². The second kappa shape index (κ2) is 7.05. The van der Waals surface area contributed by atoms with Crippen molar-refractivity contribution in [2.75, 3.05) is 29.0 Å². The third-order valence-electron chi connectivity index (χ3n) is 2.53. The van der Waals surface area contributed by atoms with E-state index < -0.39 is 25.6 Å². The Morgan fingerprint density at radius 2 is 1.60 bits per heavy atom. The van der Waals surface area contributed by atoms with Crippen LogP contribution in [0.15, 0.2) is 24.3 Å². The molecular formula is C12H20N2O4S2. The summed E-state index contributed by atoms with van der Waals surface area (Å²) in [7, 11) is -6.94. The van der Waals surface area contributed by atoms with E-state index in [2.05, 4.69) is 10.0 Å². The first-order chi connectivity index (χ1) is 9.22. The summed E-state index contributed by atoms with van der Waals surface area (Å²) in [5.74, 6) is -0.828. The van der Waals surface area contributed by atoms with Crippen molar-refractivity contribution in [2.24, 2.45) is 0 Å².